The van der Waals surface area contributed by atoms with Crippen molar-refractivity contribution in [1.82, 2.24) is 0 Å². The first-order valence-corrected chi connectivity index (χ1v) is 30.5. The topological polar surface area (TPSA) is 72.8 Å². The SMILES string of the molecule is CC/C=C\C/C=C\C/C=C\C/C=C\C/C=C\CCCCCCCCCCCC(=O)OC(CO)COC(=O)CCCCCCCCCCCCCCCCCCCCC/C=C\CCCCCCCCCC. The van der Waals surface area contributed by atoms with Crippen LogP contribution in [0.4, 0.5) is 0 Å². The van der Waals surface area contributed by atoms with Crippen molar-refractivity contribution in [2.75, 3.05) is 13.2 Å². The van der Waals surface area contributed by atoms with Gasteiger partial charge in [-0.1, -0.05) is 286 Å². The Bertz CT molecular complexity index is 1240. The van der Waals surface area contributed by atoms with Crippen LogP contribution in [0.2, 0.25) is 0 Å². The minimum absolute atomic E-state index is 0.0680. The molecule has 0 radical (unpaired) electrons. The van der Waals surface area contributed by atoms with E-state index in [0.717, 1.165) is 70.6 Å². The molecule has 0 fully saturated rings. The Morgan fingerprint density at radius 1 is 0.343 bits per heavy atom. The van der Waals surface area contributed by atoms with Crippen molar-refractivity contribution in [3.8, 4) is 0 Å². The van der Waals surface area contributed by atoms with Gasteiger partial charge in [-0.3, -0.25) is 9.59 Å². The van der Waals surface area contributed by atoms with Crippen molar-refractivity contribution in [3.63, 3.8) is 0 Å². The molecule has 1 unspecified atom stereocenters. The summed E-state index contributed by atoms with van der Waals surface area (Å²) in [5.41, 5.74) is 0. The monoisotopic (exact) mass is 977 g/mol. The predicted octanol–water partition coefficient (Wildman–Crippen LogP) is 20.8. The minimum Gasteiger partial charge on any atom is -0.462 e. The minimum atomic E-state index is -0.779. The molecular weight excluding hydrogens is 861 g/mol. The number of carbonyl (C=O) groups excluding carboxylic acids is 2. The Morgan fingerprint density at radius 3 is 0.943 bits per heavy atom. The summed E-state index contributed by atoms with van der Waals surface area (Å²) in [6, 6.07) is 0. The zero-order valence-electron chi connectivity index (χ0n) is 46.5. The summed E-state index contributed by atoms with van der Waals surface area (Å²) >= 11 is 0. The molecule has 0 amide bonds. The Kier molecular flexibility index (Phi) is 58.3. The number of ether oxygens (including phenoxy) is 2. The fraction of sp³-hybridized carbons (Fsp3) is 0.785. The van der Waals surface area contributed by atoms with Gasteiger partial charge < -0.3 is 14.6 Å². The van der Waals surface area contributed by atoms with Crippen molar-refractivity contribution >= 4 is 11.9 Å². The lowest BCUT2D eigenvalue weighted by molar-refractivity contribution is -0.161. The third-order valence-electron chi connectivity index (χ3n) is 13.5. The lowest BCUT2D eigenvalue weighted by atomic mass is 10.0. The van der Waals surface area contributed by atoms with Crippen LogP contribution >= 0.6 is 0 Å². The molecule has 406 valence electrons. The normalized spacial score (nSPS) is 12.7. The maximum atomic E-state index is 12.3. The second-order valence-corrected chi connectivity index (χ2v) is 20.4. The Labute approximate surface area is 435 Å². The number of hydrogen-bond donors (Lipinski definition) is 1. The van der Waals surface area contributed by atoms with E-state index in [0.29, 0.717) is 12.8 Å². The summed E-state index contributed by atoms with van der Waals surface area (Å²) in [5, 5.41) is 9.67. The fourth-order valence-corrected chi connectivity index (χ4v) is 8.93. The molecule has 1 N–H and O–H groups in total. The molecule has 5 heteroatoms. The standard InChI is InChI=1S/C65H116O5/c1-3-5-7-9-11-13-15-17-19-21-23-25-27-29-30-31-32-33-34-36-37-39-41-43-45-47-49-51-53-55-57-59-64(67)69-62-63(61-66)70-65(68)60-58-56-54-52-50-48-46-44-42-40-38-35-28-26-24-22-20-18-16-14-12-10-8-6-4-2/h6,8,12,14,18,20-21,23-24,26,35,38,63,66H,3-5,7,9-11,13,15-17,19,22,25,27-34,36-37,39-62H2,1-2H3/b8-6-,14-12-,20-18-,23-21-,26-24-,38-35-. The summed E-state index contributed by atoms with van der Waals surface area (Å²) in [7, 11) is 0. The van der Waals surface area contributed by atoms with Crippen LogP contribution in [0.5, 0.6) is 0 Å². The van der Waals surface area contributed by atoms with Gasteiger partial charge >= 0.3 is 11.9 Å². The molecule has 0 aliphatic rings. The maximum absolute atomic E-state index is 12.3. The molecule has 70 heavy (non-hydrogen) atoms. The molecule has 0 aromatic carbocycles. The van der Waals surface area contributed by atoms with Crippen molar-refractivity contribution < 1.29 is 24.2 Å². The highest BCUT2D eigenvalue weighted by Crippen LogP contribution is 2.17. The maximum Gasteiger partial charge on any atom is 0.306 e. The lowest BCUT2D eigenvalue weighted by Crippen LogP contribution is -2.28. The molecule has 0 saturated carbocycles. The van der Waals surface area contributed by atoms with Crippen LogP contribution < -0.4 is 0 Å². The summed E-state index contributed by atoms with van der Waals surface area (Å²) in [4.78, 5) is 24.6. The van der Waals surface area contributed by atoms with Crippen molar-refractivity contribution in [2.45, 2.75) is 315 Å². The average molecular weight is 978 g/mol. The first kappa shape index (κ1) is 67.3. The smallest absolute Gasteiger partial charge is 0.306 e. The molecule has 0 aliphatic heterocycles. The molecule has 0 saturated heterocycles. The van der Waals surface area contributed by atoms with Gasteiger partial charge in [-0.05, 0) is 83.5 Å². The zero-order chi connectivity index (χ0) is 50.6. The summed E-state index contributed by atoms with van der Waals surface area (Å²) in [5.74, 6) is -0.587. The van der Waals surface area contributed by atoms with Crippen LogP contribution in [0.15, 0.2) is 72.9 Å². The molecule has 0 spiro atoms. The largest absolute Gasteiger partial charge is 0.462 e. The molecule has 0 heterocycles. The Morgan fingerprint density at radius 2 is 0.614 bits per heavy atom. The van der Waals surface area contributed by atoms with Crippen LogP contribution in [0.3, 0.4) is 0 Å². The third-order valence-corrected chi connectivity index (χ3v) is 13.5. The number of rotatable bonds is 56. The van der Waals surface area contributed by atoms with Gasteiger partial charge in [0.15, 0.2) is 6.10 Å². The van der Waals surface area contributed by atoms with E-state index in [4.69, 9.17) is 9.47 Å². The number of allylic oxidation sites excluding steroid dienone is 12. The third kappa shape index (κ3) is 57.9. The number of carbonyl (C=O) groups is 2. The molecule has 0 aliphatic carbocycles. The molecule has 1 atom stereocenters. The van der Waals surface area contributed by atoms with E-state index >= 15 is 0 Å². The van der Waals surface area contributed by atoms with E-state index in [1.54, 1.807) is 0 Å². The van der Waals surface area contributed by atoms with Gasteiger partial charge in [0.1, 0.15) is 6.61 Å². The number of unbranched alkanes of at least 4 members (excludes halogenated alkanes) is 36. The van der Waals surface area contributed by atoms with Crippen LogP contribution in [0, 0.1) is 0 Å². The highest BCUT2D eigenvalue weighted by atomic mass is 16.6. The zero-order valence-corrected chi connectivity index (χ0v) is 46.5. The van der Waals surface area contributed by atoms with E-state index in [1.165, 1.54) is 212 Å². The highest BCUT2D eigenvalue weighted by Gasteiger charge is 2.16. The summed E-state index contributed by atoms with van der Waals surface area (Å²) in [6.07, 6.45) is 83.2. The quantitative estimate of drug-likeness (QED) is 0.0373. The van der Waals surface area contributed by atoms with Crippen LogP contribution in [0.25, 0.3) is 0 Å². The number of aliphatic hydroxyl groups is 1. The van der Waals surface area contributed by atoms with E-state index in [9.17, 15) is 14.7 Å². The Hall–Kier alpha value is -2.66. The van der Waals surface area contributed by atoms with E-state index < -0.39 is 6.10 Å². The predicted molar refractivity (Wildman–Crippen MR) is 306 cm³/mol. The van der Waals surface area contributed by atoms with Crippen molar-refractivity contribution in [3.05, 3.63) is 72.9 Å². The van der Waals surface area contributed by atoms with Crippen LogP contribution in [0.1, 0.15) is 309 Å². The highest BCUT2D eigenvalue weighted by molar-refractivity contribution is 5.70. The van der Waals surface area contributed by atoms with Crippen LogP contribution in [-0.4, -0.2) is 36.4 Å². The molecule has 0 bridgehead atoms. The van der Waals surface area contributed by atoms with Gasteiger partial charge in [0.2, 0.25) is 0 Å². The fourth-order valence-electron chi connectivity index (χ4n) is 8.93. The molecule has 0 aromatic rings. The Balaban J connectivity index is 3.46. The summed E-state index contributed by atoms with van der Waals surface area (Å²) in [6.45, 7) is 4.06. The lowest BCUT2D eigenvalue weighted by Gasteiger charge is -2.15. The van der Waals surface area contributed by atoms with E-state index in [-0.39, 0.29) is 25.2 Å². The van der Waals surface area contributed by atoms with E-state index in [1.807, 2.05) is 0 Å². The van der Waals surface area contributed by atoms with Crippen molar-refractivity contribution in [2.24, 2.45) is 0 Å². The van der Waals surface area contributed by atoms with Crippen molar-refractivity contribution in [1.29, 1.82) is 0 Å². The molecule has 0 rings (SSSR count). The molecule has 0 aromatic heterocycles. The van der Waals surface area contributed by atoms with Gasteiger partial charge in [0.05, 0.1) is 6.61 Å². The summed E-state index contributed by atoms with van der Waals surface area (Å²) < 4.78 is 10.7. The van der Waals surface area contributed by atoms with Gasteiger partial charge in [0.25, 0.3) is 0 Å². The van der Waals surface area contributed by atoms with Crippen LogP contribution in [-0.2, 0) is 19.1 Å². The number of hydrogen-bond acceptors (Lipinski definition) is 5. The second-order valence-electron chi connectivity index (χ2n) is 20.4. The van der Waals surface area contributed by atoms with Gasteiger partial charge in [0, 0.05) is 12.8 Å². The molecule has 5 nitrogen and oxygen atoms in total. The number of esters is 2. The molecular formula is C65H116O5. The van der Waals surface area contributed by atoms with Gasteiger partial charge in [-0.2, -0.15) is 0 Å². The average Bonchev–Trinajstić information content (AvgIpc) is 3.36. The second kappa shape index (κ2) is 60.6. The first-order valence-electron chi connectivity index (χ1n) is 30.5. The van der Waals surface area contributed by atoms with Gasteiger partial charge in [-0.25, -0.2) is 0 Å². The van der Waals surface area contributed by atoms with Gasteiger partial charge in [-0.15, -0.1) is 0 Å². The number of aliphatic hydroxyl groups excluding tert-OH is 1. The first-order chi connectivity index (χ1) is 34.6. The van der Waals surface area contributed by atoms with E-state index in [2.05, 4.69) is 86.8 Å².